The number of benzene rings is 2. The SMILES string of the molecule is COc1cc(C)c(CN2[C@@H]3CC[C@@H]2CC(O)(c2ccccc2F)C3)cc1OC. The summed E-state index contributed by atoms with van der Waals surface area (Å²) in [6.45, 7) is 2.88. The number of aliphatic hydroxyl groups is 1. The van der Waals surface area contributed by atoms with Crippen LogP contribution in [0.3, 0.4) is 0 Å². The third kappa shape index (κ3) is 3.27. The van der Waals surface area contributed by atoms with Gasteiger partial charge in [-0.2, -0.15) is 0 Å². The molecule has 2 saturated heterocycles. The Morgan fingerprint density at radius 1 is 1.07 bits per heavy atom. The molecule has 1 N–H and O–H groups in total. The summed E-state index contributed by atoms with van der Waals surface area (Å²) in [4.78, 5) is 2.48. The van der Waals surface area contributed by atoms with Gasteiger partial charge < -0.3 is 14.6 Å². The van der Waals surface area contributed by atoms with Gasteiger partial charge in [-0.25, -0.2) is 4.39 Å². The largest absolute Gasteiger partial charge is 0.493 e. The van der Waals surface area contributed by atoms with Gasteiger partial charge in [-0.15, -0.1) is 0 Å². The molecule has 4 nitrogen and oxygen atoms in total. The molecule has 0 aromatic heterocycles. The van der Waals surface area contributed by atoms with E-state index in [0.29, 0.717) is 18.4 Å². The minimum atomic E-state index is -1.08. The molecule has 0 unspecified atom stereocenters. The number of hydrogen-bond acceptors (Lipinski definition) is 4. The van der Waals surface area contributed by atoms with Crippen LogP contribution in [0.5, 0.6) is 11.5 Å². The Labute approximate surface area is 165 Å². The molecule has 2 fully saturated rings. The number of aryl methyl sites for hydroxylation is 1. The van der Waals surface area contributed by atoms with Crippen LogP contribution < -0.4 is 9.47 Å². The minimum Gasteiger partial charge on any atom is -0.493 e. The van der Waals surface area contributed by atoms with Crippen molar-refractivity contribution in [3.63, 3.8) is 0 Å². The second kappa shape index (κ2) is 7.37. The second-order valence-electron chi connectivity index (χ2n) is 8.11. The number of fused-ring (bicyclic) bond motifs is 2. The number of methoxy groups -OCH3 is 2. The summed E-state index contributed by atoms with van der Waals surface area (Å²) in [6, 6.07) is 11.2. The zero-order chi connectivity index (χ0) is 19.9. The zero-order valence-electron chi connectivity index (χ0n) is 16.7. The molecule has 2 bridgehead atoms. The molecular formula is C23H28FNO3. The molecule has 0 amide bonds. The number of piperidine rings is 1. The second-order valence-corrected chi connectivity index (χ2v) is 8.11. The van der Waals surface area contributed by atoms with Crippen molar-refractivity contribution in [1.29, 1.82) is 0 Å². The van der Waals surface area contributed by atoms with Crippen molar-refractivity contribution in [3.05, 3.63) is 58.9 Å². The quantitative estimate of drug-likeness (QED) is 0.839. The Bertz CT molecular complexity index is 855. The van der Waals surface area contributed by atoms with Crippen LogP contribution >= 0.6 is 0 Å². The van der Waals surface area contributed by atoms with Crippen LogP contribution in [-0.4, -0.2) is 36.3 Å². The van der Waals surface area contributed by atoms with Crippen molar-refractivity contribution in [2.24, 2.45) is 0 Å². The van der Waals surface area contributed by atoms with Crippen LogP contribution in [0, 0.1) is 12.7 Å². The molecule has 2 aliphatic rings. The molecule has 2 aromatic carbocycles. The van der Waals surface area contributed by atoms with Crippen molar-refractivity contribution < 1.29 is 19.0 Å². The van der Waals surface area contributed by atoms with Gasteiger partial charge in [-0.3, -0.25) is 4.90 Å². The highest BCUT2D eigenvalue weighted by atomic mass is 19.1. The summed E-state index contributed by atoms with van der Waals surface area (Å²) in [5, 5.41) is 11.3. The molecule has 0 spiro atoms. The molecule has 2 aromatic rings. The van der Waals surface area contributed by atoms with Crippen LogP contribution in [0.15, 0.2) is 36.4 Å². The highest BCUT2D eigenvalue weighted by Gasteiger charge is 2.49. The fraction of sp³-hybridized carbons (Fsp3) is 0.478. The molecule has 5 heteroatoms. The maximum absolute atomic E-state index is 14.3. The van der Waals surface area contributed by atoms with Gasteiger partial charge in [0.05, 0.1) is 19.8 Å². The third-order valence-electron chi connectivity index (χ3n) is 6.49. The minimum absolute atomic E-state index is 0.246. The first-order valence-corrected chi connectivity index (χ1v) is 9.90. The topological polar surface area (TPSA) is 41.9 Å². The number of rotatable bonds is 5. The first kappa shape index (κ1) is 19.2. The summed E-state index contributed by atoms with van der Waals surface area (Å²) >= 11 is 0. The Kier molecular flexibility index (Phi) is 5.06. The van der Waals surface area contributed by atoms with Crippen molar-refractivity contribution in [2.45, 2.75) is 56.8 Å². The highest BCUT2D eigenvalue weighted by molar-refractivity contribution is 5.47. The predicted molar refractivity (Wildman–Crippen MR) is 106 cm³/mol. The van der Waals surface area contributed by atoms with Gasteiger partial charge in [0.25, 0.3) is 0 Å². The summed E-state index contributed by atoms with van der Waals surface area (Å²) in [7, 11) is 3.29. The fourth-order valence-corrected chi connectivity index (χ4v) is 5.02. The molecule has 2 atom stereocenters. The number of ether oxygens (including phenoxy) is 2. The molecular weight excluding hydrogens is 357 g/mol. The summed E-state index contributed by atoms with van der Waals surface area (Å²) < 4.78 is 25.2. The van der Waals surface area contributed by atoms with E-state index in [2.05, 4.69) is 11.8 Å². The number of nitrogens with zero attached hydrogens (tertiary/aromatic N) is 1. The maximum atomic E-state index is 14.3. The Hall–Kier alpha value is -2.11. The summed E-state index contributed by atoms with van der Waals surface area (Å²) in [6.07, 6.45) is 3.20. The van der Waals surface area contributed by atoms with Gasteiger partial charge >= 0.3 is 0 Å². The average molecular weight is 385 g/mol. The van der Waals surface area contributed by atoms with Crippen molar-refractivity contribution in [1.82, 2.24) is 4.90 Å². The van der Waals surface area contributed by atoms with Crippen molar-refractivity contribution >= 4 is 0 Å². The van der Waals surface area contributed by atoms with E-state index in [9.17, 15) is 9.50 Å². The molecule has 150 valence electrons. The van der Waals surface area contributed by atoms with E-state index in [-0.39, 0.29) is 17.9 Å². The van der Waals surface area contributed by atoms with Crippen LogP contribution in [-0.2, 0) is 12.1 Å². The highest BCUT2D eigenvalue weighted by Crippen LogP contribution is 2.47. The van der Waals surface area contributed by atoms with Crippen LogP contribution in [0.2, 0.25) is 0 Å². The van der Waals surface area contributed by atoms with E-state index >= 15 is 0 Å². The Morgan fingerprint density at radius 3 is 2.29 bits per heavy atom. The summed E-state index contributed by atoms with van der Waals surface area (Å²) in [5.74, 6) is 1.16. The van der Waals surface area contributed by atoms with Gasteiger partial charge in [-0.05, 0) is 61.9 Å². The lowest BCUT2D eigenvalue weighted by atomic mass is 9.80. The summed E-state index contributed by atoms with van der Waals surface area (Å²) in [5.41, 5.74) is 1.71. The monoisotopic (exact) mass is 385 g/mol. The molecule has 2 heterocycles. The van der Waals surface area contributed by atoms with Crippen molar-refractivity contribution in [3.8, 4) is 11.5 Å². The molecule has 0 saturated carbocycles. The van der Waals surface area contributed by atoms with Gasteiger partial charge in [0.15, 0.2) is 11.5 Å². The Morgan fingerprint density at radius 2 is 1.68 bits per heavy atom. The molecule has 2 aliphatic heterocycles. The van der Waals surface area contributed by atoms with E-state index in [4.69, 9.17) is 9.47 Å². The van der Waals surface area contributed by atoms with Crippen LogP contribution in [0.4, 0.5) is 4.39 Å². The lowest BCUT2D eigenvalue weighted by molar-refractivity contribution is -0.0616. The van der Waals surface area contributed by atoms with Crippen LogP contribution in [0.25, 0.3) is 0 Å². The molecule has 4 rings (SSSR count). The van der Waals surface area contributed by atoms with Gasteiger partial charge in [0, 0.05) is 24.2 Å². The maximum Gasteiger partial charge on any atom is 0.161 e. The predicted octanol–water partition coefficient (Wildman–Crippen LogP) is 4.17. The lowest BCUT2D eigenvalue weighted by Crippen LogP contribution is -2.49. The number of halogens is 1. The van der Waals surface area contributed by atoms with E-state index in [1.807, 2.05) is 12.1 Å². The fourth-order valence-electron chi connectivity index (χ4n) is 5.02. The van der Waals surface area contributed by atoms with Gasteiger partial charge in [-0.1, -0.05) is 18.2 Å². The first-order chi connectivity index (χ1) is 13.4. The van der Waals surface area contributed by atoms with E-state index < -0.39 is 5.60 Å². The average Bonchev–Trinajstić information content (AvgIpc) is 2.93. The van der Waals surface area contributed by atoms with Crippen molar-refractivity contribution in [2.75, 3.05) is 14.2 Å². The van der Waals surface area contributed by atoms with E-state index in [1.54, 1.807) is 32.4 Å². The Balaban J connectivity index is 1.58. The van der Waals surface area contributed by atoms with E-state index in [0.717, 1.165) is 36.4 Å². The van der Waals surface area contributed by atoms with Gasteiger partial charge in [0.1, 0.15) is 5.82 Å². The van der Waals surface area contributed by atoms with E-state index in [1.165, 1.54) is 11.6 Å². The molecule has 0 aliphatic carbocycles. The lowest BCUT2D eigenvalue weighted by Gasteiger charge is -2.44. The van der Waals surface area contributed by atoms with Gasteiger partial charge in [0.2, 0.25) is 0 Å². The zero-order valence-corrected chi connectivity index (χ0v) is 16.7. The molecule has 28 heavy (non-hydrogen) atoms. The smallest absolute Gasteiger partial charge is 0.161 e. The normalized spacial score (nSPS) is 27.0. The molecule has 0 radical (unpaired) electrons. The van der Waals surface area contributed by atoms with Crippen LogP contribution in [0.1, 0.15) is 42.4 Å². The number of hydrogen-bond donors (Lipinski definition) is 1. The third-order valence-corrected chi connectivity index (χ3v) is 6.49. The first-order valence-electron chi connectivity index (χ1n) is 9.90. The standard InChI is InChI=1S/C23H28FNO3/c1-15-10-21(27-2)22(28-3)11-16(15)14-25-17-8-9-18(25)13-23(26,12-17)19-6-4-5-7-20(19)24/h4-7,10-11,17-18,26H,8-9,12-14H2,1-3H3/t17-,18-/m1/s1.